The van der Waals surface area contributed by atoms with Crippen LogP contribution < -0.4 is 5.56 Å². The Bertz CT molecular complexity index is 364. The highest BCUT2D eigenvalue weighted by Gasteiger charge is 2.15. The van der Waals surface area contributed by atoms with E-state index < -0.39 is 0 Å². The number of pyridine rings is 1. The maximum absolute atomic E-state index is 11.5. The molecule has 0 aliphatic carbocycles. The number of ether oxygens (including phenoxy) is 1. The molecule has 1 aromatic rings. The predicted molar refractivity (Wildman–Crippen MR) is 54.4 cm³/mol. The summed E-state index contributed by atoms with van der Waals surface area (Å²) >= 11 is 0. The third kappa shape index (κ3) is 2.04. The quantitative estimate of drug-likeness (QED) is 0.709. The fourth-order valence-electron chi connectivity index (χ4n) is 1.77. The van der Waals surface area contributed by atoms with Crippen LogP contribution in [0.4, 0.5) is 0 Å². The minimum absolute atomic E-state index is 0.0699. The standard InChI is InChI=1S/C11H15NO2/c1-9-4-5-12(11(13)7-9)8-10-3-2-6-14-10/h4-5,7,10H,2-3,6,8H2,1H3. The molecule has 1 aliphatic heterocycles. The van der Waals surface area contributed by atoms with Gasteiger partial charge in [0.25, 0.3) is 5.56 Å². The van der Waals surface area contributed by atoms with Crippen LogP contribution in [0.1, 0.15) is 18.4 Å². The van der Waals surface area contributed by atoms with E-state index in [1.54, 1.807) is 10.6 Å². The zero-order valence-electron chi connectivity index (χ0n) is 8.40. The van der Waals surface area contributed by atoms with Crippen LogP contribution in [0, 0.1) is 6.92 Å². The molecule has 0 saturated carbocycles. The van der Waals surface area contributed by atoms with Crippen molar-refractivity contribution in [1.29, 1.82) is 0 Å². The first-order valence-electron chi connectivity index (χ1n) is 5.04. The molecular formula is C11H15NO2. The van der Waals surface area contributed by atoms with E-state index in [1.165, 1.54) is 0 Å². The molecule has 1 aromatic heterocycles. The van der Waals surface area contributed by atoms with E-state index in [0.29, 0.717) is 6.54 Å². The lowest BCUT2D eigenvalue weighted by atomic mass is 10.2. The van der Waals surface area contributed by atoms with E-state index in [1.807, 2.05) is 19.2 Å². The summed E-state index contributed by atoms with van der Waals surface area (Å²) in [5, 5.41) is 0. The minimum atomic E-state index is 0.0699. The van der Waals surface area contributed by atoms with E-state index in [4.69, 9.17) is 4.74 Å². The van der Waals surface area contributed by atoms with Gasteiger partial charge < -0.3 is 9.30 Å². The van der Waals surface area contributed by atoms with Crippen LogP contribution in [0.15, 0.2) is 23.1 Å². The first kappa shape index (κ1) is 9.46. The minimum Gasteiger partial charge on any atom is -0.376 e. The highest BCUT2D eigenvalue weighted by molar-refractivity contribution is 5.08. The lowest BCUT2D eigenvalue weighted by molar-refractivity contribution is 0.0961. The van der Waals surface area contributed by atoms with Gasteiger partial charge in [-0.15, -0.1) is 0 Å². The number of nitrogens with zero attached hydrogens (tertiary/aromatic N) is 1. The molecule has 1 atom stereocenters. The Hall–Kier alpha value is -1.09. The van der Waals surface area contributed by atoms with Crippen molar-refractivity contribution in [3.05, 3.63) is 34.2 Å². The Morgan fingerprint density at radius 1 is 1.64 bits per heavy atom. The molecule has 3 heteroatoms. The van der Waals surface area contributed by atoms with Crippen LogP contribution in [0.25, 0.3) is 0 Å². The Balaban J connectivity index is 2.12. The van der Waals surface area contributed by atoms with E-state index in [2.05, 4.69) is 0 Å². The van der Waals surface area contributed by atoms with Crippen molar-refractivity contribution in [2.75, 3.05) is 6.61 Å². The number of rotatable bonds is 2. The van der Waals surface area contributed by atoms with Crippen molar-refractivity contribution >= 4 is 0 Å². The van der Waals surface area contributed by atoms with Gasteiger partial charge >= 0.3 is 0 Å². The van der Waals surface area contributed by atoms with Gasteiger partial charge in [-0.25, -0.2) is 0 Å². The molecule has 2 rings (SSSR count). The van der Waals surface area contributed by atoms with Crippen molar-refractivity contribution in [3.8, 4) is 0 Å². The number of aromatic nitrogens is 1. The van der Waals surface area contributed by atoms with Crippen LogP contribution >= 0.6 is 0 Å². The first-order chi connectivity index (χ1) is 6.75. The average molecular weight is 193 g/mol. The van der Waals surface area contributed by atoms with Crippen LogP contribution in [0.5, 0.6) is 0 Å². The molecule has 2 heterocycles. The van der Waals surface area contributed by atoms with Gasteiger partial charge in [-0.1, -0.05) is 0 Å². The zero-order chi connectivity index (χ0) is 9.97. The molecule has 14 heavy (non-hydrogen) atoms. The molecule has 1 unspecified atom stereocenters. The smallest absolute Gasteiger partial charge is 0.250 e. The summed E-state index contributed by atoms with van der Waals surface area (Å²) in [4.78, 5) is 11.5. The van der Waals surface area contributed by atoms with Crippen molar-refractivity contribution in [2.45, 2.75) is 32.4 Å². The lowest BCUT2D eigenvalue weighted by Crippen LogP contribution is -2.25. The summed E-state index contributed by atoms with van der Waals surface area (Å²) < 4.78 is 7.21. The first-order valence-corrected chi connectivity index (χ1v) is 5.04. The van der Waals surface area contributed by atoms with Crippen LogP contribution in [-0.2, 0) is 11.3 Å². The molecule has 1 fully saturated rings. The predicted octanol–water partition coefficient (Wildman–Crippen LogP) is 1.34. The molecule has 1 aliphatic rings. The van der Waals surface area contributed by atoms with E-state index in [0.717, 1.165) is 25.0 Å². The van der Waals surface area contributed by atoms with Crippen molar-refractivity contribution in [2.24, 2.45) is 0 Å². The highest BCUT2D eigenvalue weighted by Crippen LogP contribution is 2.12. The third-order valence-corrected chi connectivity index (χ3v) is 2.58. The Morgan fingerprint density at radius 3 is 3.14 bits per heavy atom. The normalized spacial score (nSPS) is 21.4. The maximum atomic E-state index is 11.5. The van der Waals surface area contributed by atoms with E-state index in [9.17, 15) is 4.79 Å². The Kier molecular flexibility index (Phi) is 2.68. The fraction of sp³-hybridized carbons (Fsp3) is 0.545. The van der Waals surface area contributed by atoms with Gasteiger partial charge in [-0.05, 0) is 31.4 Å². The van der Waals surface area contributed by atoms with Crippen LogP contribution in [0.3, 0.4) is 0 Å². The second kappa shape index (κ2) is 3.96. The summed E-state index contributed by atoms with van der Waals surface area (Å²) in [6, 6.07) is 3.62. The summed E-state index contributed by atoms with van der Waals surface area (Å²) in [6.07, 6.45) is 4.26. The third-order valence-electron chi connectivity index (χ3n) is 2.58. The van der Waals surface area contributed by atoms with Gasteiger partial charge in [0.1, 0.15) is 0 Å². The molecule has 0 aromatic carbocycles. The molecule has 0 amide bonds. The van der Waals surface area contributed by atoms with E-state index in [-0.39, 0.29) is 11.7 Å². The number of hydrogen-bond donors (Lipinski definition) is 0. The molecule has 1 saturated heterocycles. The Morgan fingerprint density at radius 2 is 2.50 bits per heavy atom. The molecule has 3 nitrogen and oxygen atoms in total. The second-order valence-corrected chi connectivity index (χ2v) is 3.83. The molecule has 0 bridgehead atoms. The van der Waals surface area contributed by atoms with Crippen molar-refractivity contribution < 1.29 is 4.74 Å². The SMILES string of the molecule is Cc1ccn(CC2CCCO2)c(=O)c1. The van der Waals surface area contributed by atoms with Crippen molar-refractivity contribution in [3.63, 3.8) is 0 Å². The summed E-state index contributed by atoms with van der Waals surface area (Å²) in [5.41, 5.74) is 1.08. The van der Waals surface area contributed by atoms with Gasteiger partial charge in [0.2, 0.25) is 0 Å². The summed E-state index contributed by atoms with van der Waals surface area (Å²) in [5.74, 6) is 0. The molecule has 76 valence electrons. The average Bonchev–Trinajstić information content (AvgIpc) is 2.62. The van der Waals surface area contributed by atoms with Crippen molar-refractivity contribution in [1.82, 2.24) is 4.57 Å². The lowest BCUT2D eigenvalue weighted by Gasteiger charge is -2.11. The summed E-state index contributed by atoms with van der Waals surface area (Å²) in [7, 11) is 0. The van der Waals surface area contributed by atoms with Crippen LogP contribution in [-0.4, -0.2) is 17.3 Å². The van der Waals surface area contributed by atoms with Gasteiger partial charge in [0, 0.05) is 18.9 Å². The highest BCUT2D eigenvalue weighted by atomic mass is 16.5. The molecular weight excluding hydrogens is 178 g/mol. The number of hydrogen-bond acceptors (Lipinski definition) is 2. The topological polar surface area (TPSA) is 31.2 Å². The molecule has 0 spiro atoms. The fourth-order valence-corrected chi connectivity index (χ4v) is 1.77. The zero-order valence-corrected chi connectivity index (χ0v) is 8.40. The Labute approximate surface area is 83.3 Å². The van der Waals surface area contributed by atoms with Crippen LogP contribution in [0.2, 0.25) is 0 Å². The maximum Gasteiger partial charge on any atom is 0.250 e. The van der Waals surface area contributed by atoms with E-state index >= 15 is 0 Å². The van der Waals surface area contributed by atoms with Gasteiger partial charge in [-0.3, -0.25) is 4.79 Å². The summed E-state index contributed by atoms with van der Waals surface area (Å²) in [6.45, 7) is 3.46. The molecule has 0 radical (unpaired) electrons. The van der Waals surface area contributed by atoms with Gasteiger partial charge in [-0.2, -0.15) is 0 Å². The number of aryl methyl sites for hydroxylation is 1. The van der Waals surface area contributed by atoms with Gasteiger partial charge in [0.05, 0.1) is 12.6 Å². The molecule has 0 N–H and O–H groups in total. The monoisotopic (exact) mass is 193 g/mol. The van der Waals surface area contributed by atoms with Gasteiger partial charge in [0.15, 0.2) is 0 Å². The second-order valence-electron chi connectivity index (χ2n) is 3.83. The largest absolute Gasteiger partial charge is 0.376 e.